The molecule has 1 saturated heterocycles. The first kappa shape index (κ1) is 13.9. The van der Waals surface area contributed by atoms with Gasteiger partial charge in [-0.3, -0.25) is 0 Å². The highest BCUT2D eigenvalue weighted by Crippen LogP contribution is 2.29. The topological polar surface area (TPSA) is 18.5 Å². The normalized spacial score (nSPS) is 25.9. The second-order valence-electron chi connectivity index (χ2n) is 5.67. The maximum absolute atomic E-state index is 3.51. The second kappa shape index (κ2) is 6.58. The Morgan fingerprint density at radius 2 is 1.94 bits per heavy atom. The third-order valence-electron chi connectivity index (χ3n) is 3.83. The SMILES string of the molecule is CCC1(CN(C)CCCN(C)C)CCNC1. The molecule has 0 bridgehead atoms. The predicted molar refractivity (Wildman–Crippen MR) is 70.9 cm³/mol. The van der Waals surface area contributed by atoms with Gasteiger partial charge in [0.25, 0.3) is 0 Å². The minimum absolute atomic E-state index is 0.548. The average Bonchev–Trinajstić information content (AvgIpc) is 2.66. The molecule has 0 saturated carbocycles. The van der Waals surface area contributed by atoms with E-state index in [4.69, 9.17) is 0 Å². The fraction of sp³-hybridized carbons (Fsp3) is 1.00. The molecule has 3 heteroatoms. The average molecular weight is 227 g/mol. The van der Waals surface area contributed by atoms with E-state index in [0.717, 1.165) is 0 Å². The van der Waals surface area contributed by atoms with E-state index in [0.29, 0.717) is 5.41 Å². The number of rotatable bonds is 7. The molecule has 1 rings (SSSR count). The molecule has 1 aliphatic rings. The molecule has 3 nitrogen and oxygen atoms in total. The van der Waals surface area contributed by atoms with Gasteiger partial charge in [0.2, 0.25) is 0 Å². The van der Waals surface area contributed by atoms with Crippen LogP contribution >= 0.6 is 0 Å². The van der Waals surface area contributed by atoms with Crippen molar-refractivity contribution in [3.63, 3.8) is 0 Å². The van der Waals surface area contributed by atoms with E-state index in [1.54, 1.807) is 0 Å². The van der Waals surface area contributed by atoms with E-state index in [9.17, 15) is 0 Å². The van der Waals surface area contributed by atoms with Crippen LogP contribution in [-0.4, -0.2) is 63.7 Å². The van der Waals surface area contributed by atoms with Gasteiger partial charge in [-0.1, -0.05) is 6.92 Å². The molecule has 1 fully saturated rings. The highest BCUT2D eigenvalue weighted by Gasteiger charge is 2.32. The largest absolute Gasteiger partial charge is 0.316 e. The summed E-state index contributed by atoms with van der Waals surface area (Å²) in [6, 6.07) is 0. The molecule has 1 aliphatic heterocycles. The van der Waals surface area contributed by atoms with Crippen LogP contribution in [0.25, 0.3) is 0 Å². The minimum atomic E-state index is 0.548. The first-order chi connectivity index (χ1) is 7.58. The van der Waals surface area contributed by atoms with Crippen molar-refractivity contribution in [1.82, 2.24) is 15.1 Å². The Morgan fingerprint density at radius 3 is 2.44 bits per heavy atom. The van der Waals surface area contributed by atoms with Crippen molar-refractivity contribution < 1.29 is 0 Å². The van der Waals surface area contributed by atoms with Crippen LogP contribution in [0.5, 0.6) is 0 Å². The molecule has 0 aromatic rings. The molecule has 1 atom stereocenters. The van der Waals surface area contributed by atoms with E-state index in [2.05, 4.69) is 43.2 Å². The van der Waals surface area contributed by atoms with Crippen LogP contribution in [0.2, 0.25) is 0 Å². The lowest BCUT2D eigenvalue weighted by molar-refractivity contribution is 0.179. The van der Waals surface area contributed by atoms with Crippen LogP contribution < -0.4 is 5.32 Å². The highest BCUT2D eigenvalue weighted by atomic mass is 15.1. The Hall–Kier alpha value is -0.120. The summed E-state index contributed by atoms with van der Waals surface area (Å²) in [7, 11) is 6.56. The van der Waals surface area contributed by atoms with Crippen molar-refractivity contribution >= 4 is 0 Å². The zero-order valence-electron chi connectivity index (χ0n) is 11.6. The number of nitrogens with zero attached hydrogens (tertiary/aromatic N) is 2. The molecule has 1 heterocycles. The Bertz CT molecular complexity index is 186. The minimum Gasteiger partial charge on any atom is -0.316 e. The van der Waals surface area contributed by atoms with Crippen LogP contribution in [0.1, 0.15) is 26.2 Å². The van der Waals surface area contributed by atoms with Gasteiger partial charge < -0.3 is 15.1 Å². The third kappa shape index (κ3) is 4.40. The lowest BCUT2D eigenvalue weighted by Crippen LogP contribution is -2.38. The standard InChI is InChI=1S/C13H29N3/c1-5-13(7-8-14-11-13)12-16(4)10-6-9-15(2)3/h14H,5-12H2,1-4H3. The van der Waals surface area contributed by atoms with Crippen molar-refractivity contribution in [2.45, 2.75) is 26.2 Å². The van der Waals surface area contributed by atoms with Gasteiger partial charge in [-0.05, 0) is 65.5 Å². The van der Waals surface area contributed by atoms with Gasteiger partial charge in [-0.15, -0.1) is 0 Å². The Kier molecular flexibility index (Phi) is 5.73. The molecular weight excluding hydrogens is 198 g/mol. The zero-order chi connectivity index (χ0) is 12.0. The molecule has 1 N–H and O–H groups in total. The van der Waals surface area contributed by atoms with Gasteiger partial charge in [0, 0.05) is 13.1 Å². The van der Waals surface area contributed by atoms with Crippen LogP contribution in [-0.2, 0) is 0 Å². The molecule has 16 heavy (non-hydrogen) atoms. The van der Waals surface area contributed by atoms with Crippen molar-refractivity contribution in [2.24, 2.45) is 5.41 Å². The van der Waals surface area contributed by atoms with Crippen molar-refractivity contribution in [1.29, 1.82) is 0 Å². The summed E-state index contributed by atoms with van der Waals surface area (Å²) in [5.74, 6) is 0. The maximum Gasteiger partial charge on any atom is 0.00475 e. The van der Waals surface area contributed by atoms with Gasteiger partial charge in [0.05, 0.1) is 0 Å². The highest BCUT2D eigenvalue weighted by molar-refractivity contribution is 4.88. The summed E-state index contributed by atoms with van der Waals surface area (Å²) in [4.78, 5) is 4.78. The lowest BCUT2D eigenvalue weighted by atomic mass is 9.84. The summed E-state index contributed by atoms with van der Waals surface area (Å²) < 4.78 is 0. The molecule has 1 unspecified atom stereocenters. The van der Waals surface area contributed by atoms with E-state index in [-0.39, 0.29) is 0 Å². The van der Waals surface area contributed by atoms with Gasteiger partial charge in [-0.25, -0.2) is 0 Å². The molecule has 0 radical (unpaired) electrons. The van der Waals surface area contributed by atoms with Crippen molar-refractivity contribution in [3.8, 4) is 0 Å². The van der Waals surface area contributed by atoms with Crippen LogP contribution in [0, 0.1) is 5.41 Å². The fourth-order valence-electron chi connectivity index (χ4n) is 2.65. The van der Waals surface area contributed by atoms with E-state index in [1.807, 2.05) is 0 Å². The van der Waals surface area contributed by atoms with Gasteiger partial charge in [0.1, 0.15) is 0 Å². The zero-order valence-corrected chi connectivity index (χ0v) is 11.6. The first-order valence-electron chi connectivity index (χ1n) is 6.62. The summed E-state index contributed by atoms with van der Waals surface area (Å²) in [6.07, 6.45) is 3.93. The van der Waals surface area contributed by atoms with E-state index < -0.39 is 0 Å². The molecular formula is C13H29N3. The predicted octanol–water partition coefficient (Wildman–Crippen LogP) is 1.26. The number of hydrogen-bond donors (Lipinski definition) is 1. The maximum atomic E-state index is 3.51. The first-order valence-corrected chi connectivity index (χ1v) is 6.62. The van der Waals surface area contributed by atoms with Gasteiger partial charge >= 0.3 is 0 Å². The Balaban J connectivity index is 2.24. The summed E-state index contributed by atoms with van der Waals surface area (Å²) in [5, 5.41) is 3.51. The number of nitrogens with one attached hydrogen (secondary N) is 1. The Labute approximate surface area is 101 Å². The molecule has 0 spiro atoms. The molecule has 0 aromatic heterocycles. The lowest BCUT2D eigenvalue weighted by Gasteiger charge is -2.32. The van der Waals surface area contributed by atoms with E-state index >= 15 is 0 Å². The van der Waals surface area contributed by atoms with Gasteiger partial charge in [-0.2, -0.15) is 0 Å². The van der Waals surface area contributed by atoms with Crippen molar-refractivity contribution in [2.75, 3.05) is 53.9 Å². The summed E-state index contributed by atoms with van der Waals surface area (Å²) in [6.45, 7) is 8.42. The quantitative estimate of drug-likeness (QED) is 0.706. The fourth-order valence-corrected chi connectivity index (χ4v) is 2.65. The second-order valence-corrected chi connectivity index (χ2v) is 5.67. The van der Waals surface area contributed by atoms with E-state index in [1.165, 1.54) is 52.0 Å². The van der Waals surface area contributed by atoms with Crippen LogP contribution in [0.15, 0.2) is 0 Å². The molecule has 96 valence electrons. The van der Waals surface area contributed by atoms with Crippen LogP contribution in [0.3, 0.4) is 0 Å². The monoisotopic (exact) mass is 227 g/mol. The third-order valence-corrected chi connectivity index (χ3v) is 3.83. The molecule has 0 aromatic carbocycles. The smallest absolute Gasteiger partial charge is 0.00475 e. The van der Waals surface area contributed by atoms with Crippen molar-refractivity contribution in [3.05, 3.63) is 0 Å². The Morgan fingerprint density at radius 1 is 1.19 bits per heavy atom. The van der Waals surface area contributed by atoms with Gasteiger partial charge in [0.15, 0.2) is 0 Å². The van der Waals surface area contributed by atoms with Crippen LogP contribution in [0.4, 0.5) is 0 Å². The molecule has 0 amide bonds. The summed E-state index contributed by atoms with van der Waals surface area (Å²) >= 11 is 0. The summed E-state index contributed by atoms with van der Waals surface area (Å²) in [5.41, 5.74) is 0.548. The number of hydrogen-bond acceptors (Lipinski definition) is 3. The molecule has 0 aliphatic carbocycles.